The third-order valence-electron chi connectivity index (χ3n) is 3.75. The quantitative estimate of drug-likeness (QED) is 0.442. The van der Waals surface area contributed by atoms with E-state index in [1.54, 1.807) is 30.3 Å². The maximum absolute atomic E-state index is 12.6. The van der Waals surface area contributed by atoms with Crippen LogP contribution in [0.5, 0.6) is 0 Å². The van der Waals surface area contributed by atoms with Crippen LogP contribution in [0.4, 0.5) is 5.69 Å². The van der Waals surface area contributed by atoms with Crippen LogP contribution in [-0.4, -0.2) is 16.0 Å². The Hall–Kier alpha value is -2.67. The molecule has 1 N–H and O–H groups in total. The number of rotatable bonds is 4. The number of halogens is 2. The molecule has 2 aromatic heterocycles. The number of nitrogens with one attached hydrogen (secondary N) is 1. The second-order valence-electron chi connectivity index (χ2n) is 5.52. The number of amides is 1. The zero-order valence-corrected chi connectivity index (χ0v) is 16.0. The summed E-state index contributed by atoms with van der Waals surface area (Å²) in [5, 5.41) is 9.53. The van der Waals surface area contributed by atoms with E-state index >= 15 is 0 Å². The molecule has 134 valence electrons. The molecule has 2 aromatic carbocycles. The van der Waals surface area contributed by atoms with Gasteiger partial charge in [-0.1, -0.05) is 46.6 Å². The van der Waals surface area contributed by atoms with E-state index in [0.717, 1.165) is 4.88 Å². The molecule has 0 aliphatic rings. The fourth-order valence-corrected chi connectivity index (χ4v) is 3.62. The van der Waals surface area contributed by atoms with Crippen LogP contribution in [0.3, 0.4) is 0 Å². The number of benzene rings is 2. The molecule has 0 fully saturated rings. The Kier molecular flexibility index (Phi) is 4.94. The Labute approximate surface area is 168 Å². The van der Waals surface area contributed by atoms with Gasteiger partial charge in [-0.3, -0.25) is 4.79 Å². The van der Waals surface area contributed by atoms with Gasteiger partial charge in [0.2, 0.25) is 5.82 Å². The van der Waals surface area contributed by atoms with Crippen molar-refractivity contribution >= 4 is 46.1 Å². The van der Waals surface area contributed by atoms with Crippen LogP contribution in [0.1, 0.15) is 10.4 Å². The first-order valence-corrected chi connectivity index (χ1v) is 9.49. The number of aromatic nitrogens is 2. The average molecular weight is 416 g/mol. The highest BCUT2D eigenvalue weighted by atomic mass is 35.5. The molecular weight excluding hydrogens is 405 g/mol. The third kappa shape index (κ3) is 3.73. The predicted molar refractivity (Wildman–Crippen MR) is 107 cm³/mol. The van der Waals surface area contributed by atoms with Gasteiger partial charge in [-0.05, 0) is 41.8 Å². The summed E-state index contributed by atoms with van der Waals surface area (Å²) in [6.45, 7) is 0. The molecule has 4 aromatic rings. The van der Waals surface area contributed by atoms with Crippen LogP contribution in [0.2, 0.25) is 10.0 Å². The lowest BCUT2D eigenvalue weighted by Crippen LogP contribution is -2.13. The summed E-state index contributed by atoms with van der Waals surface area (Å²) in [5.41, 5.74) is 1.47. The minimum atomic E-state index is -0.359. The minimum absolute atomic E-state index is 0.273. The number of thiophene rings is 1. The molecule has 4 rings (SSSR count). The predicted octanol–water partition coefficient (Wildman–Crippen LogP) is 6.02. The Morgan fingerprint density at radius 3 is 2.70 bits per heavy atom. The second-order valence-corrected chi connectivity index (χ2v) is 7.32. The molecule has 0 unspecified atom stereocenters. The number of hydrogen-bond donors (Lipinski definition) is 1. The van der Waals surface area contributed by atoms with Crippen molar-refractivity contribution in [3.8, 4) is 22.2 Å². The Morgan fingerprint density at radius 2 is 1.93 bits per heavy atom. The Morgan fingerprint density at radius 1 is 1.07 bits per heavy atom. The first kappa shape index (κ1) is 17.7. The second kappa shape index (κ2) is 7.52. The third-order valence-corrected chi connectivity index (χ3v) is 5.16. The molecule has 5 nitrogen and oxygen atoms in total. The highest BCUT2D eigenvalue weighted by molar-refractivity contribution is 7.13. The summed E-state index contributed by atoms with van der Waals surface area (Å²) in [6, 6.07) is 15.7. The van der Waals surface area contributed by atoms with Crippen molar-refractivity contribution in [2.24, 2.45) is 0 Å². The van der Waals surface area contributed by atoms with E-state index in [0.29, 0.717) is 33.6 Å². The smallest absolute Gasteiger partial charge is 0.260 e. The summed E-state index contributed by atoms with van der Waals surface area (Å²) in [4.78, 5) is 18.0. The van der Waals surface area contributed by atoms with Gasteiger partial charge in [0.15, 0.2) is 0 Å². The normalized spacial score (nSPS) is 10.7. The molecule has 27 heavy (non-hydrogen) atoms. The fraction of sp³-hybridized carbons (Fsp3) is 0. The number of para-hydroxylation sites is 1. The molecule has 0 spiro atoms. The van der Waals surface area contributed by atoms with Gasteiger partial charge < -0.3 is 9.84 Å². The maximum atomic E-state index is 12.6. The standard InChI is InChI=1S/C19H11Cl2N3O2S/c20-11-7-8-12(14(21)10-11)18(25)22-15-5-2-1-4-13(15)19-23-17(24-26-19)16-6-3-9-27-16/h1-10H,(H,22,25). The molecular formula is C19H11Cl2N3O2S. The van der Waals surface area contributed by atoms with Crippen molar-refractivity contribution in [2.75, 3.05) is 5.32 Å². The molecule has 0 bridgehead atoms. The Bertz CT molecular complexity index is 1110. The summed E-state index contributed by atoms with van der Waals surface area (Å²) in [7, 11) is 0. The van der Waals surface area contributed by atoms with Gasteiger partial charge in [0, 0.05) is 5.02 Å². The highest BCUT2D eigenvalue weighted by Gasteiger charge is 2.17. The van der Waals surface area contributed by atoms with Crippen molar-refractivity contribution in [2.45, 2.75) is 0 Å². The lowest BCUT2D eigenvalue weighted by molar-refractivity contribution is 0.102. The van der Waals surface area contributed by atoms with Crippen molar-refractivity contribution in [3.63, 3.8) is 0 Å². The first-order valence-electron chi connectivity index (χ1n) is 7.85. The van der Waals surface area contributed by atoms with Crippen molar-refractivity contribution < 1.29 is 9.32 Å². The lowest BCUT2D eigenvalue weighted by atomic mass is 10.1. The zero-order valence-electron chi connectivity index (χ0n) is 13.6. The SMILES string of the molecule is O=C(Nc1ccccc1-c1nc(-c2cccs2)no1)c1ccc(Cl)cc1Cl. The molecule has 2 heterocycles. The van der Waals surface area contributed by atoms with Crippen LogP contribution in [0.15, 0.2) is 64.5 Å². The van der Waals surface area contributed by atoms with Crippen molar-refractivity contribution in [1.29, 1.82) is 0 Å². The fourth-order valence-electron chi connectivity index (χ4n) is 2.48. The van der Waals surface area contributed by atoms with Gasteiger partial charge in [-0.15, -0.1) is 11.3 Å². The van der Waals surface area contributed by atoms with Gasteiger partial charge in [-0.2, -0.15) is 4.98 Å². The number of carbonyl (C=O) groups excluding carboxylic acids is 1. The maximum Gasteiger partial charge on any atom is 0.260 e. The van der Waals surface area contributed by atoms with Crippen molar-refractivity contribution in [3.05, 3.63) is 75.6 Å². The van der Waals surface area contributed by atoms with E-state index < -0.39 is 0 Å². The zero-order chi connectivity index (χ0) is 18.8. The van der Waals surface area contributed by atoms with Gasteiger partial charge in [-0.25, -0.2) is 0 Å². The summed E-state index contributed by atoms with van der Waals surface area (Å²) >= 11 is 13.5. The van der Waals surface area contributed by atoms with Gasteiger partial charge >= 0.3 is 0 Å². The van der Waals surface area contributed by atoms with Gasteiger partial charge in [0.25, 0.3) is 11.8 Å². The van der Waals surface area contributed by atoms with E-state index in [1.807, 2.05) is 23.6 Å². The molecule has 0 saturated carbocycles. The largest absolute Gasteiger partial charge is 0.334 e. The molecule has 8 heteroatoms. The molecule has 0 aliphatic heterocycles. The Balaban J connectivity index is 1.65. The van der Waals surface area contributed by atoms with E-state index in [-0.39, 0.29) is 10.9 Å². The van der Waals surface area contributed by atoms with Crippen LogP contribution < -0.4 is 5.32 Å². The molecule has 1 amide bonds. The average Bonchev–Trinajstić information content (AvgIpc) is 3.34. The summed E-state index contributed by atoms with van der Waals surface area (Å²) in [5.74, 6) is 0.459. The minimum Gasteiger partial charge on any atom is -0.334 e. The van der Waals surface area contributed by atoms with E-state index in [9.17, 15) is 4.79 Å². The molecule has 0 saturated heterocycles. The van der Waals surface area contributed by atoms with Gasteiger partial charge in [0.05, 0.1) is 26.7 Å². The van der Waals surface area contributed by atoms with Crippen LogP contribution in [0.25, 0.3) is 22.2 Å². The topological polar surface area (TPSA) is 68.0 Å². The molecule has 0 radical (unpaired) electrons. The monoisotopic (exact) mass is 415 g/mol. The van der Waals surface area contributed by atoms with E-state index in [2.05, 4.69) is 15.5 Å². The summed E-state index contributed by atoms with van der Waals surface area (Å²) in [6.07, 6.45) is 0. The van der Waals surface area contributed by atoms with Gasteiger partial charge in [0.1, 0.15) is 0 Å². The van der Waals surface area contributed by atoms with Crippen LogP contribution in [-0.2, 0) is 0 Å². The number of carbonyl (C=O) groups is 1. The first-order chi connectivity index (χ1) is 13.1. The van der Waals surface area contributed by atoms with Crippen LogP contribution >= 0.6 is 34.5 Å². The van der Waals surface area contributed by atoms with Crippen molar-refractivity contribution in [1.82, 2.24) is 10.1 Å². The summed E-state index contributed by atoms with van der Waals surface area (Å²) < 4.78 is 5.39. The molecule has 0 aliphatic carbocycles. The van der Waals surface area contributed by atoms with E-state index in [1.165, 1.54) is 17.4 Å². The van der Waals surface area contributed by atoms with Crippen LogP contribution in [0, 0.1) is 0 Å². The van der Waals surface area contributed by atoms with E-state index in [4.69, 9.17) is 27.7 Å². The molecule has 0 atom stereocenters. The highest BCUT2D eigenvalue weighted by Crippen LogP contribution is 2.30. The number of anilines is 1. The number of hydrogen-bond acceptors (Lipinski definition) is 5. The number of nitrogens with zero attached hydrogens (tertiary/aromatic N) is 2. The lowest BCUT2D eigenvalue weighted by Gasteiger charge is -2.09.